The van der Waals surface area contributed by atoms with Crippen molar-refractivity contribution >= 4 is 25.6 Å². The number of nitrogens with one attached hydrogen (secondary N) is 1. The summed E-state index contributed by atoms with van der Waals surface area (Å²) >= 11 is 0. The summed E-state index contributed by atoms with van der Waals surface area (Å²) in [6.07, 6.45) is 3.19. The van der Waals surface area contributed by atoms with Gasteiger partial charge in [-0.25, -0.2) is 9.97 Å². The maximum atomic E-state index is 10.8. The van der Waals surface area contributed by atoms with Gasteiger partial charge in [-0.3, -0.25) is 9.36 Å². The van der Waals surface area contributed by atoms with Crippen LogP contribution >= 0.6 is 0 Å². The first kappa shape index (κ1) is 25.5. The quantitative estimate of drug-likeness (QED) is 0.240. The lowest BCUT2D eigenvalue weighted by molar-refractivity contribution is -0.149. The van der Waals surface area contributed by atoms with E-state index in [1.54, 1.807) is 6.20 Å². The number of rotatable bonds is 11. The molecular formula is C26H36N4O4Si. The topological polar surface area (TPSA) is 87.5 Å². The first-order chi connectivity index (χ1) is 16.8. The minimum atomic E-state index is -1.20. The Labute approximate surface area is 208 Å². The Bertz CT molecular complexity index is 1160. The van der Waals surface area contributed by atoms with Crippen molar-refractivity contribution in [1.29, 1.82) is 0 Å². The van der Waals surface area contributed by atoms with Gasteiger partial charge in [0.25, 0.3) is 0 Å². The SMILES string of the molecule is CCc1c(-c2ccc(C3(C)OCCO3)cc2)n(COCC[Si](C)(C)C)c2ncc(CNC=O)nc12. The monoisotopic (exact) mass is 496 g/mol. The van der Waals surface area contributed by atoms with Crippen molar-refractivity contribution in [2.24, 2.45) is 0 Å². The van der Waals surface area contributed by atoms with Crippen LogP contribution < -0.4 is 5.32 Å². The van der Waals surface area contributed by atoms with Gasteiger partial charge in [0.2, 0.25) is 6.41 Å². The summed E-state index contributed by atoms with van der Waals surface area (Å²) in [5, 5.41) is 2.68. The van der Waals surface area contributed by atoms with Crippen molar-refractivity contribution in [2.45, 2.75) is 65.0 Å². The summed E-state index contributed by atoms with van der Waals surface area (Å²) in [4.78, 5) is 20.4. The molecule has 0 aliphatic carbocycles. The normalized spacial score (nSPS) is 15.6. The number of nitrogens with zero attached hydrogens (tertiary/aromatic N) is 3. The van der Waals surface area contributed by atoms with Crippen LogP contribution in [-0.2, 0) is 44.5 Å². The molecule has 0 atom stereocenters. The number of fused-ring (bicyclic) bond motifs is 1. The number of amides is 1. The molecule has 4 rings (SSSR count). The van der Waals surface area contributed by atoms with Crippen molar-refractivity contribution in [3.8, 4) is 11.3 Å². The Balaban J connectivity index is 1.74. The Morgan fingerprint density at radius 2 is 1.91 bits per heavy atom. The average Bonchev–Trinajstić information content (AvgIpc) is 3.41. The number of ether oxygens (including phenoxy) is 3. The van der Waals surface area contributed by atoms with E-state index < -0.39 is 13.9 Å². The summed E-state index contributed by atoms with van der Waals surface area (Å²) in [5.74, 6) is -0.706. The van der Waals surface area contributed by atoms with Crippen LogP contribution in [0.4, 0.5) is 0 Å². The van der Waals surface area contributed by atoms with Gasteiger partial charge in [-0.2, -0.15) is 0 Å². The molecule has 0 saturated carbocycles. The van der Waals surface area contributed by atoms with Crippen molar-refractivity contribution in [3.63, 3.8) is 0 Å². The molecule has 35 heavy (non-hydrogen) atoms. The van der Waals surface area contributed by atoms with Crippen LogP contribution in [0.25, 0.3) is 22.4 Å². The van der Waals surface area contributed by atoms with Crippen molar-refractivity contribution in [1.82, 2.24) is 19.9 Å². The highest BCUT2D eigenvalue weighted by atomic mass is 28.3. The largest absolute Gasteiger partial charge is 0.361 e. The molecule has 1 amide bonds. The van der Waals surface area contributed by atoms with Gasteiger partial charge in [0.15, 0.2) is 11.4 Å². The van der Waals surface area contributed by atoms with E-state index in [1.807, 2.05) is 6.92 Å². The summed E-state index contributed by atoms with van der Waals surface area (Å²) in [6, 6.07) is 9.43. The van der Waals surface area contributed by atoms with Crippen LogP contribution in [0.1, 0.15) is 30.7 Å². The van der Waals surface area contributed by atoms with E-state index >= 15 is 0 Å². The molecule has 2 aromatic heterocycles. The van der Waals surface area contributed by atoms with Crippen molar-refractivity contribution in [2.75, 3.05) is 19.8 Å². The molecule has 3 aromatic rings. The van der Waals surface area contributed by atoms with Crippen LogP contribution in [0.2, 0.25) is 25.7 Å². The minimum absolute atomic E-state index is 0.343. The number of hydrogen-bond donors (Lipinski definition) is 1. The molecule has 1 aromatic carbocycles. The third-order valence-corrected chi connectivity index (χ3v) is 8.06. The number of hydrogen-bond acceptors (Lipinski definition) is 6. The lowest BCUT2D eigenvalue weighted by Gasteiger charge is -2.23. The zero-order valence-corrected chi connectivity index (χ0v) is 22.4. The van der Waals surface area contributed by atoms with E-state index in [4.69, 9.17) is 24.2 Å². The first-order valence-electron chi connectivity index (χ1n) is 12.3. The molecule has 9 heteroatoms. The predicted octanol–water partition coefficient (Wildman–Crippen LogP) is 4.44. The van der Waals surface area contributed by atoms with Crippen LogP contribution in [-0.4, -0.2) is 48.8 Å². The summed E-state index contributed by atoms with van der Waals surface area (Å²) in [7, 11) is -1.20. The van der Waals surface area contributed by atoms with Crippen LogP contribution in [0, 0.1) is 0 Å². The smallest absolute Gasteiger partial charge is 0.207 e. The Morgan fingerprint density at radius 1 is 1.20 bits per heavy atom. The maximum Gasteiger partial charge on any atom is 0.207 e. The average molecular weight is 497 g/mol. The van der Waals surface area contributed by atoms with Crippen molar-refractivity contribution < 1.29 is 19.0 Å². The number of benzene rings is 1. The number of aromatic nitrogens is 3. The summed E-state index contributed by atoms with van der Waals surface area (Å²) in [6.45, 7) is 13.8. The Hall–Kier alpha value is -2.59. The molecule has 8 nitrogen and oxygen atoms in total. The van der Waals surface area contributed by atoms with E-state index in [9.17, 15) is 4.79 Å². The van der Waals surface area contributed by atoms with E-state index in [2.05, 4.69) is 60.7 Å². The van der Waals surface area contributed by atoms with Crippen LogP contribution in [0.5, 0.6) is 0 Å². The van der Waals surface area contributed by atoms with Gasteiger partial charge in [-0.15, -0.1) is 0 Å². The van der Waals surface area contributed by atoms with E-state index in [0.717, 1.165) is 58.3 Å². The molecule has 0 unspecified atom stereocenters. The molecule has 1 N–H and O–H groups in total. The van der Waals surface area contributed by atoms with Crippen molar-refractivity contribution in [3.05, 3.63) is 47.3 Å². The summed E-state index contributed by atoms with van der Waals surface area (Å²) in [5.41, 5.74) is 6.58. The van der Waals surface area contributed by atoms with Gasteiger partial charge >= 0.3 is 0 Å². The predicted molar refractivity (Wildman–Crippen MR) is 139 cm³/mol. The fraction of sp³-hybridized carbons (Fsp3) is 0.500. The van der Waals surface area contributed by atoms with Gasteiger partial charge in [0.1, 0.15) is 12.2 Å². The second kappa shape index (κ2) is 10.6. The zero-order valence-electron chi connectivity index (χ0n) is 21.4. The Morgan fingerprint density at radius 3 is 2.54 bits per heavy atom. The van der Waals surface area contributed by atoms with Crippen LogP contribution in [0.3, 0.4) is 0 Å². The van der Waals surface area contributed by atoms with E-state index in [0.29, 0.717) is 32.9 Å². The van der Waals surface area contributed by atoms with Gasteiger partial charge in [0.05, 0.1) is 37.3 Å². The first-order valence-corrected chi connectivity index (χ1v) is 16.0. The highest BCUT2D eigenvalue weighted by Crippen LogP contribution is 2.36. The fourth-order valence-corrected chi connectivity index (χ4v) is 5.13. The van der Waals surface area contributed by atoms with Gasteiger partial charge in [-0.1, -0.05) is 50.8 Å². The summed E-state index contributed by atoms with van der Waals surface area (Å²) < 4.78 is 20.0. The van der Waals surface area contributed by atoms with E-state index in [-0.39, 0.29) is 0 Å². The van der Waals surface area contributed by atoms with Crippen LogP contribution in [0.15, 0.2) is 30.5 Å². The molecule has 0 spiro atoms. The maximum absolute atomic E-state index is 10.8. The molecule has 188 valence electrons. The lowest BCUT2D eigenvalue weighted by Crippen LogP contribution is -2.22. The fourth-order valence-electron chi connectivity index (χ4n) is 4.37. The third-order valence-electron chi connectivity index (χ3n) is 6.36. The highest BCUT2D eigenvalue weighted by Gasteiger charge is 2.33. The second-order valence-corrected chi connectivity index (χ2v) is 15.8. The molecule has 1 aliphatic rings. The highest BCUT2D eigenvalue weighted by molar-refractivity contribution is 6.76. The molecular weight excluding hydrogens is 460 g/mol. The molecule has 0 radical (unpaired) electrons. The minimum Gasteiger partial charge on any atom is -0.361 e. The molecule has 1 saturated heterocycles. The number of aryl methyl sites for hydroxylation is 1. The Kier molecular flexibility index (Phi) is 7.70. The third kappa shape index (κ3) is 5.64. The lowest BCUT2D eigenvalue weighted by atomic mass is 10.0. The van der Waals surface area contributed by atoms with Gasteiger partial charge < -0.3 is 19.5 Å². The van der Waals surface area contributed by atoms with E-state index in [1.165, 1.54) is 0 Å². The standard InChI is InChI=1S/C26H36N4O4Si/c1-6-22-23-25(28-16-21(29-23)15-27-17-31)30(18-32-13-14-35(3,4)5)24(22)19-7-9-20(10-8-19)26(2)33-11-12-34-26/h7-10,16-17H,6,11-15,18H2,1-5H3,(H,27,31). The molecule has 0 bridgehead atoms. The molecule has 1 aliphatic heterocycles. The molecule has 3 heterocycles. The molecule has 1 fully saturated rings. The second-order valence-electron chi connectivity index (χ2n) is 10.2. The number of carbonyl (C=O) groups excluding carboxylic acids is 1. The van der Waals surface area contributed by atoms with Gasteiger partial charge in [0, 0.05) is 25.8 Å². The number of carbonyl (C=O) groups is 1. The zero-order chi connectivity index (χ0) is 25.1. The van der Waals surface area contributed by atoms with Gasteiger partial charge in [-0.05, 0) is 25.0 Å².